The van der Waals surface area contributed by atoms with E-state index in [0.29, 0.717) is 25.7 Å². The van der Waals surface area contributed by atoms with Crippen molar-refractivity contribution >= 4 is 39.5 Å². The van der Waals surface area contributed by atoms with E-state index in [9.17, 15) is 43.2 Å². The number of carbonyl (C=O) groups is 4. The van der Waals surface area contributed by atoms with Crippen LogP contribution in [0.2, 0.25) is 0 Å². The number of aliphatic hydroxyl groups excluding tert-OH is 1. The number of hydrogen-bond donors (Lipinski definition) is 3. The molecule has 0 aromatic heterocycles. The maximum Gasteiger partial charge on any atom is 0.472 e. The van der Waals surface area contributed by atoms with Gasteiger partial charge in [-0.2, -0.15) is 0 Å². The Labute approximate surface area is 588 Å². The average molecular weight is 1410 g/mol. The van der Waals surface area contributed by atoms with E-state index in [4.69, 9.17) is 37.0 Å². The second-order valence-corrected chi connectivity index (χ2v) is 32.1. The first-order valence-electron chi connectivity index (χ1n) is 39.8. The predicted molar refractivity (Wildman–Crippen MR) is 391 cm³/mol. The molecule has 0 aliphatic heterocycles. The lowest BCUT2D eigenvalue weighted by Gasteiger charge is -2.21. The molecule has 570 valence electrons. The number of hydrogen-bond acceptors (Lipinski definition) is 15. The van der Waals surface area contributed by atoms with Crippen molar-refractivity contribution in [3.8, 4) is 0 Å². The van der Waals surface area contributed by atoms with Crippen LogP contribution in [0, 0.1) is 23.7 Å². The van der Waals surface area contributed by atoms with Gasteiger partial charge in [-0.25, -0.2) is 9.13 Å². The van der Waals surface area contributed by atoms with Gasteiger partial charge < -0.3 is 33.8 Å². The molecule has 0 aromatic rings. The minimum Gasteiger partial charge on any atom is -0.462 e. The number of phosphoric ester groups is 2. The highest BCUT2D eigenvalue weighted by molar-refractivity contribution is 7.47. The van der Waals surface area contributed by atoms with Crippen LogP contribution in [0.3, 0.4) is 0 Å². The average Bonchev–Trinajstić information content (AvgIpc) is 1.63. The van der Waals surface area contributed by atoms with E-state index in [1.54, 1.807) is 0 Å². The van der Waals surface area contributed by atoms with Crippen LogP contribution in [0.5, 0.6) is 0 Å². The zero-order valence-corrected chi connectivity index (χ0v) is 64.8. The lowest BCUT2D eigenvalue weighted by Crippen LogP contribution is -2.30. The molecular weight excluding hydrogens is 1260 g/mol. The van der Waals surface area contributed by atoms with E-state index >= 15 is 0 Å². The Morgan fingerprint density at radius 2 is 0.500 bits per heavy atom. The summed E-state index contributed by atoms with van der Waals surface area (Å²) in [5.41, 5.74) is 0. The molecule has 0 amide bonds. The summed E-state index contributed by atoms with van der Waals surface area (Å²) in [5, 5.41) is 10.6. The van der Waals surface area contributed by atoms with Gasteiger partial charge in [-0.1, -0.05) is 338 Å². The van der Waals surface area contributed by atoms with Gasteiger partial charge in [0.05, 0.1) is 26.4 Å². The minimum atomic E-state index is -4.96. The fourth-order valence-corrected chi connectivity index (χ4v) is 13.2. The van der Waals surface area contributed by atoms with Crippen LogP contribution < -0.4 is 0 Å². The van der Waals surface area contributed by atoms with E-state index < -0.39 is 97.5 Å². The van der Waals surface area contributed by atoms with Gasteiger partial charge in [-0.15, -0.1) is 0 Å². The highest BCUT2D eigenvalue weighted by Gasteiger charge is 2.30. The first-order valence-corrected chi connectivity index (χ1v) is 42.8. The molecule has 96 heavy (non-hydrogen) atoms. The number of ether oxygens (including phenoxy) is 4. The lowest BCUT2D eigenvalue weighted by molar-refractivity contribution is -0.161. The molecule has 0 aliphatic carbocycles. The van der Waals surface area contributed by atoms with Crippen LogP contribution in [-0.4, -0.2) is 96.7 Å². The van der Waals surface area contributed by atoms with Crippen LogP contribution in [0.1, 0.15) is 389 Å². The summed E-state index contributed by atoms with van der Waals surface area (Å²) in [6, 6.07) is 0. The molecule has 0 spiro atoms. The molecule has 3 N–H and O–H groups in total. The maximum absolute atomic E-state index is 13.1. The number of esters is 4. The van der Waals surface area contributed by atoms with E-state index in [2.05, 4.69) is 55.4 Å². The zero-order valence-electron chi connectivity index (χ0n) is 63.0. The Bertz CT molecular complexity index is 1890. The third-order valence-corrected chi connectivity index (χ3v) is 20.4. The van der Waals surface area contributed by atoms with Crippen molar-refractivity contribution in [2.45, 2.75) is 408 Å². The largest absolute Gasteiger partial charge is 0.472 e. The second-order valence-electron chi connectivity index (χ2n) is 29.2. The van der Waals surface area contributed by atoms with Crippen molar-refractivity contribution in [3.05, 3.63) is 0 Å². The number of aliphatic hydroxyl groups is 1. The summed E-state index contributed by atoms with van der Waals surface area (Å²) >= 11 is 0. The Morgan fingerprint density at radius 3 is 0.740 bits per heavy atom. The number of phosphoric acid groups is 2. The summed E-state index contributed by atoms with van der Waals surface area (Å²) in [6.07, 6.45) is 51.5. The van der Waals surface area contributed by atoms with Crippen molar-refractivity contribution in [1.29, 1.82) is 0 Å². The Balaban J connectivity index is 5.23. The predicted octanol–water partition coefficient (Wildman–Crippen LogP) is 22.4. The van der Waals surface area contributed by atoms with E-state index in [0.717, 1.165) is 120 Å². The Hall–Kier alpha value is -1.94. The lowest BCUT2D eigenvalue weighted by atomic mass is 10.00. The summed E-state index contributed by atoms with van der Waals surface area (Å²) in [7, 11) is -9.91. The molecule has 7 atom stereocenters. The zero-order chi connectivity index (χ0) is 71.0. The van der Waals surface area contributed by atoms with Gasteiger partial charge >= 0.3 is 39.5 Å². The smallest absolute Gasteiger partial charge is 0.462 e. The van der Waals surface area contributed by atoms with Gasteiger partial charge in [-0.05, 0) is 49.4 Å². The summed E-state index contributed by atoms with van der Waals surface area (Å²) in [5.74, 6) is 0.936. The first kappa shape index (κ1) is 94.1. The highest BCUT2D eigenvalue weighted by Crippen LogP contribution is 2.45. The quantitative estimate of drug-likeness (QED) is 0.0222. The fraction of sp³-hybridized carbons (Fsp3) is 0.948. The van der Waals surface area contributed by atoms with Crippen LogP contribution in [-0.2, 0) is 65.4 Å². The summed E-state index contributed by atoms with van der Waals surface area (Å²) in [4.78, 5) is 72.8. The van der Waals surface area contributed by atoms with Crippen LogP contribution in [0.15, 0.2) is 0 Å². The van der Waals surface area contributed by atoms with Crippen molar-refractivity contribution in [2.75, 3.05) is 39.6 Å². The summed E-state index contributed by atoms with van der Waals surface area (Å²) < 4.78 is 68.5. The van der Waals surface area contributed by atoms with E-state index in [1.807, 2.05) is 0 Å². The molecular formula is C77H150O17P2. The first-order chi connectivity index (χ1) is 46.2. The number of carbonyl (C=O) groups excluding carboxylic acids is 4. The fourth-order valence-electron chi connectivity index (χ4n) is 11.7. The minimum absolute atomic E-state index is 0.102. The van der Waals surface area contributed by atoms with Crippen LogP contribution in [0.25, 0.3) is 0 Å². The molecule has 0 aliphatic rings. The van der Waals surface area contributed by atoms with Gasteiger partial charge in [0.25, 0.3) is 0 Å². The van der Waals surface area contributed by atoms with Crippen molar-refractivity contribution in [2.24, 2.45) is 23.7 Å². The van der Waals surface area contributed by atoms with Crippen LogP contribution in [0.4, 0.5) is 0 Å². The third kappa shape index (κ3) is 67.9. The Kier molecular flexibility index (Phi) is 65.0. The van der Waals surface area contributed by atoms with Crippen molar-refractivity contribution in [3.63, 3.8) is 0 Å². The van der Waals surface area contributed by atoms with Crippen molar-refractivity contribution < 1.29 is 80.2 Å². The standard InChI is InChI=1S/C77H150O17P2/c1-9-69(7)55-47-39-33-35-42-50-58-75(80)88-64-73(94-77(82)60-52-44-36-34-40-48-56-70(8)10-2)66-92-96(85,86)90-62-71(78)61-89-95(83,84)91-65-72(93-76(81)59-51-43-32-28-24-20-16-12-14-18-22-26-30-38-46-54-68(5)6)63-87-74(79)57-49-41-31-27-23-19-15-11-13-17-21-25-29-37-45-53-67(3)4/h67-73,78H,9-66H2,1-8H3,(H,83,84)(H,85,86)/t69?,70?,71-,72-,73-/m1/s1. The molecule has 0 rings (SSSR count). The SMILES string of the molecule is CCC(C)CCCCCCCCC(=O)OC[C@H](COP(=O)(O)OC[C@H](O)COP(=O)(O)OC[C@@H](COC(=O)CCCCCCCCCCCCCCCCCC(C)C)OC(=O)CCCCCCCCCCCCCCCCCC(C)C)OC(=O)CCCCCCCCC(C)CC. The molecule has 0 radical (unpaired) electrons. The number of unbranched alkanes of at least 4 members (excludes halogenated alkanes) is 38. The van der Waals surface area contributed by atoms with Crippen LogP contribution >= 0.6 is 15.6 Å². The molecule has 0 bridgehead atoms. The van der Waals surface area contributed by atoms with E-state index in [1.165, 1.54) is 186 Å². The number of rotatable bonds is 74. The molecule has 0 saturated heterocycles. The molecule has 0 saturated carbocycles. The van der Waals surface area contributed by atoms with Gasteiger partial charge in [-0.3, -0.25) is 37.3 Å². The molecule has 0 aromatic carbocycles. The van der Waals surface area contributed by atoms with Gasteiger partial charge in [0.1, 0.15) is 19.3 Å². The highest BCUT2D eigenvalue weighted by atomic mass is 31.2. The Morgan fingerprint density at radius 1 is 0.292 bits per heavy atom. The van der Waals surface area contributed by atoms with Crippen molar-refractivity contribution in [1.82, 2.24) is 0 Å². The van der Waals surface area contributed by atoms with Gasteiger partial charge in [0.15, 0.2) is 12.2 Å². The topological polar surface area (TPSA) is 237 Å². The van der Waals surface area contributed by atoms with E-state index in [-0.39, 0.29) is 25.7 Å². The normalized spacial score (nSPS) is 14.7. The molecule has 0 heterocycles. The van der Waals surface area contributed by atoms with Gasteiger partial charge in [0.2, 0.25) is 0 Å². The molecule has 17 nitrogen and oxygen atoms in total. The molecule has 19 heteroatoms. The second kappa shape index (κ2) is 66.3. The molecule has 0 fully saturated rings. The maximum atomic E-state index is 13.1. The van der Waals surface area contributed by atoms with Gasteiger partial charge in [0, 0.05) is 25.7 Å². The monoisotopic (exact) mass is 1410 g/mol. The molecule has 4 unspecified atom stereocenters. The third-order valence-electron chi connectivity index (χ3n) is 18.5. The summed E-state index contributed by atoms with van der Waals surface area (Å²) in [6.45, 7) is 14.2.